The Morgan fingerprint density at radius 2 is 2.41 bits per heavy atom. The average molecular weight is 316 g/mol. The molecule has 1 aromatic heterocycles. The van der Waals surface area contributed by atoms with Crippen molar-refractivity contribution in [1.82, 2.24) is 10.4 Å². The van der Waals surface area contributed by atoms with Crippen molar-refractivity contribution in [3.8, 4) is 0 Å². The Labute approximate surface area is 115 Å². The van der Waals surface area contributed by atoms with E-state index in [1.54, 1.807) is 0 Å². The van der Waals surface area contributed by atoms with Crippen molar-refractivity contribution in [3.63, 3.8) is 0 Å². The third kappa shape index (κ3) is 3.95. The number of nitrogens with zero attached hydrogens (tertiary/aromatic N) is 1. The molecule has 3 nitrogen and oxygen atoms in total. The number of hydrogen-bond acceptors (Lipinski definition) is 4. The molecule has 0 amide bonds. The summed E-state index contributed by atoms with van der Waals surface area (Å²) >= 11 is 5.44. The summed E-state index contributed by atoms with van der Waals surface area (Å²) in [6.45, 7) is 0. The highest BCUT2D eigenvalue weighted by Crippen LogP contribution is 2.28. The lowest BCUT2D eigenvalue weighted by Gasteiger charge is -2.29. The summed E-state index contributed by atoms with van der Waals surface area (Å²) in [5.41, 5.74) is 4.06. The van der Waals surface area contributed by atoms with Crippen LogP contribution in [0.25, 0.3) is 0 Å². The van der Waals surface area contributed by atoms with Crippen LogP contribution in [0.2, 0.25) is 0 Å². The maximum Gasteiger partial charge on any atom is 0.0420 e. The number of rotatable bonds is 4. The smallest absolute Gasteiger partial charge is 0.0420 e. The van der Waals surface area contributed by atoms with Gasteiger partial charge in [0.2, 0.25) is 0 Å². The molecule has 0 radical (unpaired) electrons. The summed E-state index contributed by atoms with van der Waals surface area (Å²) in [6.07, 6.45) is 6.67. The Bertz CT molecular complexity index is 338. The van der Waals surface area contributed by atoms with Gasteiger partial charge in [-0.15, -0.1) is 0 Å². The summed E-state index contributed by atoms with van der Waals surface area (Å²) in [6, 6.07) is 4.42. The number of pyridine rings is 1. The maximum absolute atomic E-state index is 5.68. The molecule has 0 saturated carbocycles. The van der Waals surface area contributed by atoms with E-state index in [0.717, 1.165) is 16.6 Å². The highest BCUT2D eigenvalue weighted by atomic mass is 79.9. The van der Waals surface area contributed by atoms with Crippen molar-refractivity contribution < 1.29 is 0 Å². The first kappa shape index (κ1) is 13.3. The van der Waals surface area contributed by atoms with Crippen LogP contribution < -0.4 is 11.3 Å². The number of thioether (sulfide) groups is 1. The Kier molecular flexibility index (Phi) is 5.28. The molecule has 1 saturated heterocycles. The zero-order chi connectivity index (χ0) is 12.1. The molecule has 0 spiro atoms. The third-order valence-corrected chi connectivity index (χ3v) is 5.08. The van der Waals surface area contributed by atoms with E-state index in [1.165, 1.54) is 25.0 Å². The monoisotopic (exact) mass is 315 g/mol. The molecule has 0 aliphatic carbocycles. The van der Waals surface area contributed by atoms with E-state index in [0.29, 0.717) is 11.3 Å². The zero-order valence-corrected chi connectivity index (χ0v) is 12.1. The van der Waals surface area contributed by atoms with Crippen LogP contribution in [0.1, 0.15) is 25.0 Å². The summed E-state index contributed by atoms with van der Waals surface area (Å²) in [4.78, 5) is 4.41. The number of hydrazine groups is 1. The van der Waals surface area contributed by atoms with E-state index >= 15 is 0 Å². The van der Waals surface area contributed by atoms with Gasteiger partial charge in [-0.2, -0.15) is 11.8 Å². The van der Waals surface area contributed by atoms with Crippen LogP contribution >= 0.6 is 27.7 Å². The molecular formula is C12H18BrN3S. The van der Waals surface area contributed by atoms with E-state index in [9.17, 15) is 0 Å². The molecule has 3 N–H and O–H groups in total. The number of nitrogens with two attached hydrogens (primary N) is 1. The molecule has 1 fully saturated rings. The van der Waals surface area contributed by atoms with Gasteiger partial charge in [0, 0.05) is 34.1 Å². The molecule has 1 aromatic rings. The molecule has 2 unspecified atom stereocenters. The number of aromatic nitrogens is 1. The van der Waals surface area contributed by atoms with E-state index in [4.69, 9.17) is 5.84 Å². The molecule has 5 heteroatoms. The van der Waals surface area contributed by atoms with Crippen LogP contribution in [0.3, 0.4) is 0 Å². The first-order valence-corrected chi connectivity index (χ1v) is 7.82. The van der Waals surface area contributed by atoms with Gasteiger partial charge < -0.3 is 0 Å². The standard InChI is InChI=1S/C12H18BrN3S/c13-9-4-5-10(15-8-9)7-11(16-14)12-3-1-2-6-17-12/h4-5,8,11-12,16H,1-3,6-7,14H2. The predicted molar refractivity (Wildman–Crippen MR) is 76.8 cm³/mol. The van der Waals surface area contributed by atoms with Crippen LogP contribution in [0.15, 0.2) is 22.8 Å². The van der Waals surface area contributed by atoms with E-state index in [-0.39, 0.29) is 0 Å². The Balaban J connectivity index is 1.96. The lowest BCUT2D eigenvalue weighted by Crippen LogP contribution is -2.45. The maximum atomic E-state index is 5.68. The van der Waals surface area contributed by atoms with Crippen LogP contribution in [0.4, 0.5) is 0 Å². The number of nitrogens with one attached hydrogen (secondary N) is 1. The minimum atomic E-state index is 0.328. The van der Waals surface area contributed by atoms with Crippen LogP contribution in [0.5, 0.6) is 0 Å². The van der Waals surface area contributed by atoms with Crippen molar-refractivity contribution in [1.29, 1.82) is 0 Å². The van der Waals surface area contributed by atoms with Gasteiger partial charge in [-0.05, 0) is 46.7 Å². The zero-order valence-electron chi connectivity index (χ0n) is 9.73. The van der Waals surface area contributed by atoms with E-state index < -0.39 is 0 Å². The Morgan fingerprint density at radius 1 is 1.53 bits per heavy atom. The fourth-order valence-electron chi connectivity index (χ4n) is 2.13. The number of halogens is 1. The summed E-state index contributed by atoms with van der Waals surface area (Å²) in [5.74, 6) is 6.94. The van der Waals surface area contributed by atoms with Gasteiger partial charge in [0.15, 0.2) is 0 Å². The first-order valence-electron chi connectivity index (χ1n) is 5.98. The van der Waals surface area contributed by atoms with Gasteiger partial charge >= 0.3 is 0 Å². The number of hydrogen-bond donors (Lipinski definition) is 2. The van der Waals surface area contributed by atoms with Gasteiger partial charge in [-0.25, -0.2) is 0 Å². The van der Waals surface area contributed by atoms with Gasteiger partial charge in [-0.1, -0.05) is 6.42 Å². The minimum Gasteiger partial charge on any atom is -0.271 e. The largest absolute Gasteiger partial charge is 0.271 e. The highest BCUT2D eigenvalue weighted by molar-refractivity contribution is 9.10. The second-order valence-electron chi connectivity index (χ2n) is 4.35. The van der Waals surface area contributed by atoms with Crippen LogP contribution in [-0.2, 0) is 6.42 Å². The quantitative estimate of drug-likeness (QED) is 0.662. The second kappa shape index (κ2) is 6.73. The fraction of sp³-hybridized carbons (Fsp3) is 0.583. The lowest BCUT2D eigenvalue weighted by molar-refractivity contribution is 0.468. The van der Waals surface area contributed by atoms with Crippen LogP contribution in [-0.4, -0.2) is 22.0 Å². The van der Waals surface area contributed by atoms with Crippen molar-refractivity contribution in [2.75, 3.05) is 5.75 Å². The van der Waals surface area contributed by atoms with Crippen molar-refractivity contribution in [3.05, 3.63) is 28.5 Å². The summed E-state index contributed by atoms with van der Waals surface area (Å²) in [7, 11) is 0. The predicted octanol–water partition coefficient (Wildman–Crippen LogP) is 2.50. The Morgan fingerprint density at radius 3 is 3.00 bits per heavy atom. The Hall–Kier alpha value is -0.100. The first-order chi connectivity index (χ1) is 8.29. The van der Waals surface area contributed by atoms with E-state index in [1.807, 2.05) is 24.0 Å². The highest BCUT2D eigenvalue weighted by Gasteiger charge is 2.23. The van der Waals surface area contributed by atoms with E-state index in [2.05, 4.69) is 32.4 Å². The molecular weight excluding hydrogens is 298 g/mol. The van der Waals surface area contributed by atoms with Crippen molar-refractivity contribution >= 4 is 27.7 Å². The minimum absolute atomic E-state index is 0.328. The van der Waals surface area contributed by atoms with Gasteiger partial charge in [0.05, 0.1) is 0 Å². The van der Waals surface area contributed by atoms with Gasteiger partial charge in [0.25, 0.3) is 0 Å². The molecule has 0 bridgehead atoms. The average Bonchev–Trinajstić information content (AvgIpc) is 2.39. The molecule has 2 rings (SSSR count). The van der Waals surface area contributed by atoms with Gasteiger partial charge in [0.1, 0.15) is 0 Å². The molecule has 2 heterocycles. The van der Waals surface area contributed by atoms with Gasteiger partial charge in [-0.3, -0.25) is 16.3 Å². The molecule has 1 aliphatic heterocycles. The SMILES string of the molecule is NNC(Cc1ccc(Br)cn1)C1CCCCS1. The molecule has 17 heavy (non-hydrogen) atoms. The second-order valence-corrected chi connectivity index (χ2v) is 6.61. The van der Waals surface area contributed by atoms with Crippen molar-refractivity contribution in [2.45, 2.75) is 37.0 Å². The normalized spacial score (nSPS) is 22.4. The summed E-state index contributed by atoms with van der Waals surface area (Å²) in [5, 5.41) is 0.624. The topological polar surface area (TPSA) is 50.9 Å². The summed E-state index contributed by atoms with van der Waals surface area (Å²) < 4.78 is 1.02. The van der Waals surface area contributed by atoms with Crippen molar-refractivity contribution in [2.24, 2.45) is 5.84 Å². The third-order valence-electron chi connectivity index (χ3n) is 3.10. The molecule has 0 aromatic carbocycles. The van der Waals surface area contributed by atoms with Crippen LogP contribution in [0, 0.1) is 0 Å². The lowest BCUT2D eigenvalue weighted by atomic mass is 10.0. The molecule has 1 aliphatic rings. The molecule has 94 valence electrons. The fourth-order valence-corrected chi connectivity index (χ4v) is 3.78. The molecule has 2 atom stereocenters.